The fourth-order valence-electron chi connectivity index (χ4n) is 1.95. The van der Waals surface area contributed by atoms with E-state index in [1.165, 1.54) is 21.5 Å². The lowest BCUT2D eigenvalue weighted by atomic mass is 10.0. The molecular formula is C15H11Cl3. The summed E-state index contributed by atoms with van der Waals surface area (Å²) in [6.07, 6.45) is 0. The van der Waals surface area contributed by atoms with Crippen LogP contribution in [0.1, 0.15) is 0 Å². The molecule has 0 amide bonds. The van der Waals surface area contributed by atoms with Crippen LogP contribution in [0.25, 0.3) is 21.5 Å². The van der Waals surface area contributed by atoms with Crippen LogP contribution in [0.4, 0.5) is 0 Å². The molecule has 0 N–H and O–H groups in total. The van der Waals surface area contributed by atoms with Crippen LogP contribution >= 0.6 is 34.8 Å². The molecule has 0 spiro atoms. The summed E-state index contributed by atoms with van der Waals surface area (Å²) in [6.45, 7) is 0. The average molecular weight is 298 g/mol. The second-order valence-electron chi connectivity index (χ2n) is 3.76. The number of benzene rings is 3. The maximum absolute atomic E-state index is 4.81. The third kappa shape index (κ3) is 3.29. The minimum atomic E-state index is -0.750. The van der Waals surface area contributed by atoms with E-state index in [0.29, 0.717) is 0 Å². The summed E-state index contributed by atoms with van der Waals surface area (Å²) in [6, 6.07) is 21.4. The number of alkyl halides is 3. The third-order valence-corrected chi connectivity index (χ3v) is 2.65. The largest absolute Gasteiger partial charge is 0.180 e. The lowest BCUT2D eigenvalue weighted by Crippen LogP contribution is -1.75. The summed E-state index contributed by atoms with van der Waals surface area (Å²) < 4.78 is -0.750. The second kappa shape index (κ2) is 6.29. The Morgan fingerprint density at radius 1 is 0.556 bits per heavy atom. The molecule has 0 unspecified atom stereocenters. The van der Waals surface area contributed by atoms with Gasteiger partial charge in [0.15, 0.2) is 4.30 Å². The first-order valence-corrected chi connectivity index (χ1v) is 6.78. The lowest BCUT2D eigenvalue weighted by Gasteiger charge is -2.02. The van der Waals surface area contributed by atoms with Crippen LogP contribution in [-0.4, -0.2) is 4.30 Å². The molecule has 0 atom stereocenters. The maximum atomic E-state index is 4.81. The van der Waals surface area contributed by atoms with Crippen molar-refractivity contribution < 1.29 is 0 Å². The SMILES string of the molecule is ClC(Cl)Cl.c1ccc2c(c1)ccc1ccccc12. The molecule has 0 aliphatic carbocycles. The fraction of sp³-hybridized carbons (Fsp3) is 0.0667. The molecule has 3 aromatic rings. The Morgan fingerprint density at radius 3 is 1.28 bits per heavy atom. The Morgan fingerprint density at radius 2 is 0.889 bits per heavy atom. The molecule has 0 saturated carbocycles. The molecule has 0 heterocycles. The van der Waals surface area contributed by atoms with Crippen LogP contribution < -0.4 is 0 Å². The van der Waals surface area contributed by atoms with E-state index in [4.69, 9.17) is 34.8 Å². The van der Waals surface area contributed by atoms with Crippen molar-refractivity contribution in [2.45, 2.75) is 4.30 Å². The monoisotopic (exact) mass is 296 g/mol. The van der Waals surface area contributed by atoms with Gasteiger partial charge in [-0.25, -0.2) is 0 Å². The molecule has 0 aromatic heterocycles. The normalized spacial score (nSPS) is 10.4. The van der Waals surface area contributed by atoms with Crippen molar-refractivity contribution in [1.29, 1.82) is 0 Å². The molecule has 3 rings (SSSR count). The first kappa shape index (κ1) is 13.5. The van der Waals surface area contributed by atoms with Gasteiger partial charge in [-0.2, -0.15) is 0 Å². The highest BCUT2D eigenvalue weighted by atomic mass is 35.6. The minimum absolute atomic E-state index is 0.750. The van der Waals surface area contributed by atoms with E-state index in [1.807, 2.05) is 0 Å². The van der Waals surface area contributed by atoms with E-state index >= 15 is 0 Å². The van der Waals surface area contributed by atoms with Gasteiger partial charge < -0.3 is 0 Å². The van der Waals surface area contributed by atoms with Gasteiger partial charge in [0, 0.05) is 0 Å². The van der Waals surface area contributed by atoms with Gasteiger partial charge >= 0.3 is 0 Å². The van der Waals surface area contributed by atoms with E-state index in [-0.39, 0.29) is 0 Å². The zero-order chi connectivity index (χ0) is 13.0. The summed E-state index contributed by atoms with van der Waals surface area (Å²) in [5.74, 6) is 0. The molecular weight excluding hydrogens is 287 g/mol. The lowest BCUT2D eigenvalue weighted by molar-refractivity contribution is 1.76. The number of hydrogen-bond acceptors (Lipinski definition) is 0. The first-order valence-electron chi connectivity index (χ1n) is 5.47. The molecule has 0 saturated heterocycles. The van der Waals surface area contributed by atoms with Crippen LogP contribution in [0.3, 0.4) is 0 Å². The van der Waals surface area contributed by atoms with Gasteiger partial charge in [-0.3, -0.25) is 0 Å². The van der Waals surface area contributed by atoms with E-state index in [0.717, 1.165) is 0 Å². The summed E-state index contributed by atoms with van der Waals surface area (Å²) >= 11 is 14.4. The number of rotatable bonds is 0. The van der Waals surface area contributed by atoms with Crippen molar-refractivity contribution in [3.05, 3.63) is 60.7 Å². The van der Waals surface area contributed by atoms with Gasteiger partial charge in [-0.1, -0.05) is 95.5 Å². The van der Waals surface area contributed by atoms with E-state index in [9.17, 15) is 0 Å². The molecule has 3 heteroatoms. The predicted molar refractivity (Wildman–Crippen MR) is 82.8 cm³/mol. The van der Waals surface area contributed by atoms with Gasteiger partial charge in [-0.15, -0.1) is 0 Å². The van der Waals surface area contributed by atoms with Crippen molar-refractivity contribution in [2.75, 3.05) is 0 Å². The third-order valence-electron chi connectivity index (χ3n) is 2.65. The van der Waals surface area contributed by atoms with Crippen LogP contribution in [0.2, 0.25) is 0 Å². The quantitative estimate of drug-likeness (QED) is 0.354. The Hall–Kier alpha value is -0.950. The maximum Gasteiger partial charge on any atom is 0.180 e. The standard InChI is InChI=1S/C14H10.CHCl3/c1-3-7-13-11(5-1)9-10-12-6-2-4-8-14(12)13;2-1(3)4/h1-10H;1H. The minimum Gasteiger partial charge on any atom is -0.0874 e. The Kier molecular flexibility index (Phi) is 4.71. The predicted octanol–water partition coefficient (Wildman–Crippen LogP) is 5.98. The highest BCUT2D eigenvalue weighted by Crippen LogP contribution is 2.24. The molecule has 18 heavy (non-hydrogen) atoms. The van der Waals surface area contributed by atoms with Crippen LogP contribution in [0, 0.1) is 0 Å². The van der Waals surface area contributed by atoms with Crippen molar-refractivity contribution in [3.63, 3.8) is 0 Å². The van der Waals surface area contributed by atoms with Gasteiger partial charge in [0.25, 0.3) is 0 Å². The zero-order valence-electron chi connectivity index (χ0n) is 9.48. The first-order chi connectivity index (χ1) is 8.68. The molecule has 0 fully saturated rings. The Bertz CT molecular complexity index is 590. The van der Waals surface area contributed by atoms with Crippen molar-refractivity contribution in [2.24, 2.45) is 0 Å². The molecule has 92 valence electrons. The summed E-state index contributed by atoms with van der Waals surface area (Å²) in [5, 5.41) is 5.30. The average Bonchev–Trinajstić information content (AvgIpc) is 2.38. The zero-order valence-corrected chi connectivity index (χ0v) is 11.8. The summed E-state index contributed by atoms with van der Waals surface area (Å²) in [5.41, 5.74) is 0. The number of fused-ring (bicyclic) bond motifs is 3. The molecule has 0 nitrogen and oxygen atoms in total. The molecule has 0 aliphatic heterocycles. The summed E-state index contributed by atoms with van der Waals surface area (Å²) in [7, 11) is 0. The summed E-state index contributed by atoms with van der Waals surface area (Å²) in [4.78, 5) is 0. The topological polar surface area (TPSA) is 0 Å². The fourth-order valence-corrected chi connectivity index (χ4v) is 1.95. The molecule has 0 bridgehead atoms. The van der Waals surface area contributed by atoms with Gasteiger partial charge in [0.2, 0.25) is 0 Å². The second-order valence-corrected chi connectivity index (χ2v) is 5.73. The van der Waals surface area contributed by atoms with Crippen LogP contribution in [0.5, 0.6) is 0 Å². The highest BCUT2D eigenvalue weighted by molar-refractivity contribution is 6.63. The molecule has 0 radical (unpaired) electrons. The molecule has 0 aliphatic rings. The van der Waals surface area contributed by atoms with Crippen LogP contribution in [0.15, 0.2) is 60.7 Å². The smallest absolute Gasteiger partial charge is 0.0874 e. The number of hydrogen-bond donors (Lipinski definition) is 0. The van der Waals surface area contributed by atoms with Gasteiger partial charge in [0.05, 0.1) is 0 Å². The highest BCUT2D eigenvalue weighted by Gasteiger charge is 1.97. The molecule has 3 aromatic carbocycles. The van der Waals surface area contributed by atoms with Crippen molar-refractivity contribution in [3.8, 4) is 0 Å². The van der Waals surface area contributed by atoms with Crippen molar-refractivity contribution >= 4 is 56.3 Å². The van der Waals surface area contributed by atoms with E-state index in [2.05, 4.69) is 60.7 Å². The van der Waals surface area contributed by atoms with Gasteiger partial charge in [0.1, 0.15) is 0 Å². The Balaban J connectivity index is 0.000000267. The van der Waals surface area contributed by atoms with Crippen LogP contribution in [-0.2, 0) is 0 Å². The van der Waals surface area contributed by atoms with E-state index in [1.54, 1.807) is 0 Å². The van der Waals surface area contributed by atoms with Crippen molar-refractivity contribution in [1.82, 2.24) is 0 Å². The number of halogens is 3. The van der Waals surface area contributed by atoms with Gasteiger partial charge in [-0.05, 0) is 21.5 Å². The van der Waals surface area contributed by atoms with E-state index < -0.39 is 4.30 Å². The Labute approximate surface area is 121 Å².